The van der Waals surface area contributed by atoms with Crippen LogP contribution in [0.3, 0.4) is 0 Å². The Bertz CT molecular complexity index is 528. The lowest BCUT2D eigenvalue weighted by Gasteiger charge is -2.35. The Hall–Kier alpha value is -1.80. The third kappa shape index (κ3) is 5.10. The fourth-order valence-corrected chi connectivity index (χ4v) is 2.61. The number of rotatable bonds is 6. The first kappa shape index (κ1) is 18.5. The largest absolute Gasteiger partial charge is 0.494 e. The molecular weight excluding hydrogens is 323 g/mol. The Morgan fingerprint density at radius 2 is 1.92 bits per heavy atom. The molecule has 1 heterocycles. The summed E-state index contributed by atoms with van der Waals surface area (Å²) < 4.78 is 45.1. The average Bonchev–Trinajstić information content (AvgIpc) is 2.55. The molecule has 0 spiro atoms. The minimum absolute atomic E-state index is 0.305. The van der Waals surface area contributed by atoms with E-state index < -0.39 is 24.7 Å². The van der Waals surface area contributed by atoms with E-state index in [0.29, 0.717) is 44.1 Å². The van der Waals surface area contributed by atoms with Crippen molar-refractivity contribution in [1.82, 2.24) is 15.5 Å². The molecule has 0 aliphatic carbocycles. The molecule has 8 heteroatoms. The number of carbonyl (C=O) groups excluding carboxylic acids is 1. The number of nitrogens with zero attached hydrogens (tertiary/aromatic N) is 1. The Labute approximate surface area is 139 Å². The molecule has 134 valence electrons. The molecule has 0 aromatic heterocycles. The number of halogens is 3. The lowest BCUT2D eigenvalue weighted by atomic mass is 10.1. The smallest absolute Gasteiger partial charge is 0.405 e. The Morgan fingerprint density at radius 1 is 1.29 bits per heavy atom. The average molecular weight is 345 g/mol. The second-order valence-electron chi connectivity index (χ2n) is 5.51. The zero-order chi connectivity index (χ0) is 17.6. The highest BCUT2D eigenvalue weighted by molar-refractivity contribution is 5.94. The first-order valence-corrected chi connectivity index (χ1v) is 7.94. The van der Waals surface area contributed by atoms with Crippen LogP contribution in [-0.4, -0.2) is 62.4 Å². The van der Waals surface area contributed by atoms with Crippen molar-refractivity contribution in [3.8, 4) is 5.75 Å². The first-order chi connectivity index (χ1) is 11.4. The van der Waals surface area contributed by atoms with Gasteiger partial charge in [0.2, 0.25) is 0 Å². The highest BCUT2D eigenvalue weighted by atomic mass is 19.4. The molecule has 1 aromatic rings. The van der Waals surface area contributed by atoms with Crippen LogP contribution < -0.4 is 15.4 Å². The van der Waals surface area contributed by atoms with Crippen LogP contribution in [-0.2, 0) is 0 Å². The summed E-state index contributed by atoms with van der Waals surface area (Å²) in [6.07, 6.45) is -4.39. The number of ether oxygens (including phenoxy) is 1. The summed E-state index contributed by atoms with van der Waals surface area (Å²) in [4.78, 5) is 13.4. The van der Waals surface area contributed by atoms with E-state index in [2.05, 4.69) is 10.6 Å². The van der Waals surface area contributed by atoms with Crippen LogP contribution in [0.5, 0.6) is 5.75 Å². The molecule has 5 nitrogen and oxygen atoms in total. The summed E-state index contributed by atoms with van der Waals surface area (Å²) in [6.45, 7) is 3.53. The number of hydrogen-bond acceptors (Lipinski definition) is 4. The predicted octanol–water partition coefficient (Wildman–Crippen LogP) is 1.65. The van der Waals surface area contributed by atoms with Crippen molar-refractivity contribution in [2.24, 2.45) is 0 Å². The van der Waals surface area contributed by atoms with Crippen LogP contribution in [0.2, 0.25) is 0 Å². The van der Waals surface area contributed by atoms with Gasteiger partial charge in [0.05, 0.1) is 6.61 Å². The van der Waals surface area contributed by atoms with Gasteiger partial charge in [-0.2, -0.15) is 13.2 Å². The number of benzene rings is 1. The molecule has 1 unspecified atom stereocenters. The van der Waals surface area contributed by atoms with Gasteiger partial charge in [-0.25, -0.2) is 0 Å². The minimum Gasteiger partial charge on any atom is -0.494 e. The summed E-state index contributed by atoms with van der Waals surface area (Å²) >= 11 is 0. The quantitative estimate of drug-likeness (QED) is 0.823. The van der Waals surface area contributed by atoms with E-state index >= 15 is 0 Å². The van der Waals surface area contributed by atoms with Crippen molar-refractivity contribution in [3.05, 3.63) is 29.8 Å². The molecule has 1 atom stereocenters. The van der Waals surface area contributed by atoms with Crippen LogP contribution in [0.1, 0.15) is 17.3 Å². The van der Waals surface area contributed by atoms with Gasteiger partial charge in [0.1, 0.15) is 11.8 Å². The third-order valence-corrected chi connectivity index (χ3v) is 3.85. The van der Waals surface area contributed by atoms with E-state index in [4.69, 9.17) is 4.74 Å². The number of carbonyl (C=O) groups is 1. The summed E-state index contributed by atoms with van der Waals surface area (Å²) in [5.41, 5.74) is 0.305. The van der Waals surface area contributed by atoms with E-state index in [0.717, 1.165) is 0 Å². The summed E-state index contributed by atoms with van der Waals surface area (Å²) in [5, 5.41) is 5.41. The van der Waals surface area contributed by atoms with E-state index in [1.807, 2.05) is 6.92 Å². The van der Waals surface area contributed by atoms with E-state index in [9.17, 15) is 18.0 Å². The third-order valence-electron chi connectivity index (χ3n) is 3.85. The van der Waals surface area contributed by atoms with Crippen molar-refractivity contribution in [2.75, 3.05) is 39.3 Å². The molecule has 1 aliphatic rings. The number of hydrogen-bond donors (Lipinski definition) is 2. The normalized spacial score (nSPS) is 17.3. The maximum absolute atomic E-state index is 13.3. The van der Waals surface area contributed by atoms with E-state index in [1.54, 1.807) is 12.1 Å². The van der Waals surface area contributed by atoms with Gasteiger partial charge in [-0.3, -0.25) is 9.69 Å². The minimum atomic E-state index is -4.39. The zero-order valence-electron chi connectivity index (χ0n) is 13.5. The maximum atomic E-state index is 13.3. The van der Waals surface area contributed by atoms with Crippen molar-refractivity contribution in [3.63, 3.8) is 0 Å². The Kier molecular flexibility index (Phi) is 6.44. The molecule has 0 saturated carbocycles. The maximum Gasteiger partial charge on any atom is 0.405 e. The van der Waals surface area contributed by atoms with Crippen molar-refractivity contribution in [1.29, 1.82) is 0 Å². The van der Waals surface area contributed by atoms with Gasteiger partial charge in [0.15, 0.2) is 0 Å². The van der Waals surface area contributed by atoms with Crippen molar-refractivity contribution < 1.29 is 22.7 Å². The molecule has 2 rings (SSSR count). The molecule has 0 radical (unpaired) electrons. The highest BCUT2D eigenvalue weighted by Gasteiger charge is 2.43. The standard InChI is InChI=1S/C16H22F3N3O2/c1-2-24-13-5-3-12(4-6-13)15(23)21-11-14(16(17,18)19)22-9-7-20-8-10-22/h3-6,14,20H,2,7-11H2,1H3,(H,21,23). The van der Waals surface area contributed by atoms with E-state index in [1.165, 1.54) is 17.0 Å². The van der Waals surface area contributed by atoms with Gasteiger partial charge in [-0.05, 0) is 31.2 Å². The fourth-order valence-electron chi connectivity index (χ4n) is 2.61. The first-order valence-electron chi connectivity index (χ1n) is 7.94. The van der Waals surface area contributed by atoms with Gasteiger partial charge < -0.3 is 15.4 Å². The molecule has 1 aliphatic heterocycles. The SMILES string of the molecule is CCOc1ccc(C(=O)NCC(N2CCNCC2)C(F)(F)F)cc1. The highest BCUT2D eigenvalue weighted by Crippen LogP contribution is 2.25. The predicted molar refractivity (Wildman–Crippen MR) is 84.2 cm³/mol. The Morgan fingerprint density at radius 3 is 2.46 bits per heavy atom. The fraction of sp³-hybridized carbons (Fsp3) is 0.562. The van der Waals surface area contributed by atoms with Gasteiger partial charge >= 0.3 is 6.18 Å². The number of piperazine rings is 1. The second kappa shape index (κ2) is 8.34. The van der Waals surface area contributed by atoms with Crippen LogP contribution in [0.4, 0.5) is 13.2 Å². The van der Waals surface area contributed by atoms with Gasteiger partial charge in [-0.1, -0.05) is 0 Å². The summed E-state index contributed by atoms with van der Waals surface area (Å²) in [7, 11) is 0. The molecular formula is C16H22F3N3O2. The second-order valence-corrected chi connectivity index (χ2v) is 5.51. The molecule has 24 heavy (non-hydrogen) atoms. The molecule has 2 N–H and O–H groups in total. The lowest BCUT2D eigenvalue weighted by molar-refractivity contribution is -0.183. The molecule has 1 amide bonds. The number of amides is 1. The Balaban J connectivity index is 1.96. The molecule has 0 bridgehead atoms. The van der Waals surface area contributed by atoms with Crippen LogP contribution in [0.15, 0.2) is 24.3 Å². The van der Waals surface area contributed by atoms with Gasteiger partial charge in [0.25, 0.3) is 5.91 Å². The summed E-state index contributed by atoms with van der Waals surface area (Å²) in [5.74, 6) is 0.0884. The summed E-state index contributed by atoms with van der Waals surface area (Å²) in [6, 6.07) is 4.64. The number of nitrogens with one attached hydrogen (secondary N) is 2. The lowest BCUT2D eigenvalue weighted by Crippen LogP contribution is -2.57. The molecule has 1 aromatic carbocycles. The molecule has 1 fully saturated rings. The van der Waals surface area contributed by atoms with Crippen LogP contribution in [0.25, 0.3) is 0 Å². The van der Waals surface area contributed by atoms with Gasteiger partial charge in [0, 0.05) is 38.3 Å². The topological polar surface area (TPSA) is 53.6 Å². The van der Waals surface area contributed by atoms with Crippen molar-refractivity contribution in [2.45, 2.75) is 19.1 Å². The number of alkyl halides is 3. The monoisotopic (exact) mass is 345 g/mol. The van der Waals surface area contributed by atoms with E-state index in [-0.39, 0.29) is 0 Å². The zero-order valence-corrected chi connectivity index (χ0v) is 13.5. The van der Waals surface area contributed by atoms with Gasteiger partial charge in [-0.15, -0.1) is 0 Å². The van der Waals surface area contributed by atoms with Crippen molar-refractivity contribution >= 4 is 5.91 Å². The van der Waals surface area contributed by atoms with Crippen LogP contribution >= 0.6 is 0 Å². The molecule has 1 saturated heterocycles. The van der Waals surface area contributed by atoms with Crippen LogP contribution in [0, 0.1) is 0 Å².